The van der Waals surface area contributed by atoms with Gasteiger partial charge < -0.3 is 45.1 Å². The summed E-state index contributed by atoms with van der Waals surface area (Å²) in [7, 11) is 0. The molecule has 452 valence electrons. The predicted molar refractivity (Wildman–Crippen MR) is 328 cm³/mol. The number of carbonyl (C=O) groups is 2. The third kappa shape index (κ3) is 42.8. The Morgan fingerprint density at radius 2 is 0.962 bits per heavy atom. The van der Waals surface area contributed by atoms with Crippen LogP contribution in [0.5, 0.6) is 0 Å². The van der Waals surface area contributed by atoms with E-state index in [2.05, 4.69) is 74.7 Å². The largest absolute Gasteiger partial charge is 0.454 e. The molecule has 0 radical (unpaired) electrons. The Morgan fingerprint density at radius 3 is 1.51 bits per heavy atom. The summed E-state index contributed by atoms with van der Waals surface area (Å²) in [6, 6.07) is -1.04. The number of hydrogen-bond acceptors (Lipinski definition) is 10. The van der Waals surface area contributed by atoms with Crippen molar-refractivity contribution < 1.29 is 49.3 Å². The second-order valence-electron chi connectivity index (χ2n) is 21.5. The number of rotatable bonds is 52. The lowest BCUT2D eigenvalue weighted by molar-refractivity contribution is -0.305. The molecule has 0 aromatic carbocycles. The van der Waals surface area contributed by atoms with Crippen LogP contribution >= 0.6 is 0 Å². The van der Waals surface area contributed by atoms with E-state index in [9.17, 15) is 35.1 Å². The molecule has 1 heterocycles. The average Bonchev–Trinajstić information content (AvgIpc) is 3.47. The lowest BCUT2D eigenvalue weighted by Crippen LogP contribution is -2.61. The molecule has 6 N–H and O–H groups in total. The standard InChI is InChI=1S/C68H115NO10/c1-4-7-10-13-16-19-22-24-26-27-28-29-30-31-32-33-34-36-37-40-43-46-49-52-55-61(72)67(76)69-59(60(71)54-51-48-45-42-39-21-18-15-12-9-6-3)58-77-68-66(65(75)64(74)62(57-70)78-68)79-63(73)56-53-50-47-44-41-38-35-25-23-20-17-14-11-8-5-2/h8,11,14,16-17,19-20,23-26,28-29,35,38,41,51,54,59-62,64-66,68,70-72,74-75H,4-7,9-10,12-13,15,18,21-22,27,30-34,36-37,39-40,42-50,52-53,55-58H2,1-3H3,(H,69,76)/b11-8+,17-14+,19-16-,23-20-,26-24-,29-28-,35-25-,41-38+,54-51+. The van der Waals surface area contributed by atoms with Crippen molar-refractivity contribution >= 4 is 11.9 Å². The Morgan fingerprint density at radius 1 is 0.519 bits per heavy atom. The second kappa shape index (κ2) is 54.9. The van der Waals surface area contributed by atoms with Gasteiger partial charge in [-0.25, -0.2) is 0 Å². The van der Waals surface area contributed by atoms with Crippen LogP contribution in [0.4, 0.5) is 0 Å². The third-order valence-corrected chi connectivity index (χ3v) is 14.3. The quantitative estimate of drug-likeness (QED) is 0.0149. The first-order chi connectivity index (χ1) is 38.7. The molecule has 0 aliphatic carbocycles. The molecule has 0 aromatic heterocycles. The SMILES string of the molecule is CC/C=C/C=C/C=C\C=C/C=C/CCCCCC(=O)OC1C(OCC(NC(=O)C(O)CCCCCCCCCCCCC/C=C\C/C=C\C/C=C\CCCCC)C(O)/C=C/CCCCCCCCCCC)OC(CO)C(O)C1O. The van der Waals surface area contributed by atoms with E-state index in [4.69, 9.17) is 14.2 Å². The van der Waals surface area contributed by atoms with E-state index in [1.165, 1.54) is 109 Å². The summed E-state index contributed by atoms with van der Waals surface area (Å²) >= 11 is 0. The maximum absolute atomic E-state index is 13.4. The van der Waals surface area contributed by atoms with Gasteiger partial charge in [-0.1, -0.05) is 265 Å². The van der Waals surface area contributed by atoms with Crippen molar-refractivity contribution in [2.24, 2.45) is 0 Å². The topological polar surface area (TPSA) is 175 Å². The minimum atomic E-state index is -1.64. The molecule has 11 heteroatoms. The number of ether oxygens (including phenoxy) is 3. The number of esters is 1. The zero-order chi connectivity index (χ0) is 57.5. The van der Waals surface area contributed by atoms with E-state index in [1.54, 1.807) is 6.08 Å². The van der Waals surface area contributed by atoms with Crippen LogP contribution in [-0.4, -0.2) is 99.6 Å². The summed E-state index contributed by atoms with van der Waals surface area (Å²) in [5.74, 6) is -1.25. The van der Waals surface area contributed by atoms with Gasteiger partial charge in [0.25, 0.3) is 0 Å². The van der Waals surface area contributed by atoms with Gasteiger partial charge in [-0.3, -0.25) is 9.59 Å². The van der Waals surface area contributed by atoms with Gasteiger partial charge in [-0.05, 0) is 83.5 Å². The van der Waals surface area contributed by atoms with E-state index in [1.807, 2.05) is 54.7 Å². The van der Waals surface area contributed by atoms with Crippen molar-refractivity contribution in [1.82, 2.24) is 5.32 Å². The lowest BCUT2D eigenvalue weighted by Gasteiger charge is -2.41. The smallest absolute Gasteiger partial charge is 0.306 e. The van der Waals surface area contributed by atoms with Gasteiger partial charge >= 0.3 is 5.97 Å². The molecule has 0 spiro atoms. The molecule has 0 aromatic rings. The van der Waals surface area contributed by atoms with Gasteiger partial charge in [0.05, 0.1) is 25.4 Å². The van der Waals surface area contributed by atoms with Crippen LogP contribution in [0.1, 0.15) is 245 Å². The number of aliphatic hydroxyl groups excluding tert-OH is 5. The van der Waals surface area contributed by atoms with E-state index in [-0.39, 0.29) is 19.4 Å². The third-order valence-electron chi connectivity index (χ3n) is 14.3. The van der Waals surface area contributed by atoms with Gasteiger partial charge in [-0.2, -0.15) is 0 Å². The molecule has 1 aliphatic heterocycles. The molecule has 79 heavy (non-hydrogen) atoms. The van der Waals surface area contributed by atoms with Gasteiger partial charge in [0.2, 0.25) is 5.91 Å². The van der Waals surface area contributed by atoms with E-state index < -0.39 is 67.4 Å². The van der Waals surface area contributed by atoms with E-state index in [0.717, 1.165) is 89.9 Å². The van der Waals surface area contributed by atoms with Crippen LogP contribution in [0.15, 0.2) is 109 Å². The molecule has 8 unspecified atom stereocenters. The van der Waals surface area contributed by atoms with Crippen LogP contribution in [0.2, 0.25) is 0 Å². The first-order valence-electron chi connectivity index (χ1n) is 31.7. The summed E-state index contributed by atoms with van der Waals surface area (Å²) in [5.41, 5.74) is 0. The molecule has 11 nitrogen and oxygen atoms in total. The minimum Gasteiger partial charge on any atom is -0.454 e. The molecule has 0 saturated carbocycles. The molecule has 1 amide bonds. The number of hydrogen-bond donors (Lipinski definition) is 6. The van der Waals surface area contributed by atoms with Crippen molar-refractivity contribution in [3.63, 3.8) is 0 Å². The van der Waals surface area contributed by atoms with Crippen molar-refractivity contribution in [2.45, 2.75) is 294 Å². The summed E-state index contributed by atoms with van der Waals surface area (Å²) in [4.78, 5) is 26.5. The van der Waals surface area contributed by atoms with Crippen molar-refractivity contribution in [1.29, 1.82) is 0 Å². The molecule has 8 atom stereocenters. The highest BCUT2D eigenvalue weighted by atomic mass is 16.7. The minimum absolute atomic E-state index is 0.0691. The molecular formula is C68H115NO10. The van der Waals surface area contributed by atoms with Crippen LogP contribution in [-0.2, 0) is 23.8 Å². The summed E-state index contributed by atoms with van der Waals surface area (Å²) in [5, 5.41) is 57.0. The van der Waals surface area contributed by atoms with Crippen molar-refractivity contribution in [2.75, 3.05) is 13.2 Å². The monoisotopic (exact) mass is 1110 g/mol. The average molecular weight is 1110 g/mol. The fourth-order valence-corrected chi connectivity index (χ4v) is 9.27. The molecular weight excluding hydrogens is 991 g/mol. The summed E-state index contributed by atoms with van der Waals surface area (Å²) < 4.78 is 17.6. The normalized spacial score (nSPS) is 19.6. The fourth-order valence-electron chi connectivity index (χ4n) is 9.27. The Hall–Kier alpha value is -3.68. The maximum atomic E-state index is 13.4. The number of unbranched alkanes of at least 4 members (excludes halogenated alkanes) is 26. The Bertz CT molecular complexity index is 1700. The zero-order valence-corrected chi connectivity index (χ0v) is 50.0. The highest BCUT2D eigenvalue weighted by Crippen LogP contribution is 2.26. The Kier molecular flexibility index (Phi) is 50.9. The second-order valence-corrected chi connectivity index (χ2v) is 21.5. The molecule has 0 bridgehead atoms. The maximum Gasteiger partial charge on any atom is 0.306 e. The van der Waals surface area contributed by atoms with Gasteiger partial charge in [0.15, 0.2) is 12.4 Å². The highest BCUT2D eigenvalue weighted by molar-refractivity contribution is 5.80. The number of aliphatic hydroxyl groups is 5. The van der Waals surface area contributed by atoms with Gasteiger partial charge in [0.1, 0.15) is 24.4 Å². The van der Waals surface area contributed by atoms with Gasteiger partial charge in [0, 0.05) is 6.42 Å². The number of nitrogens with one attached hydrogen (secondary N) is 1. The fraction of sp³-hybridized carbons (Fsp3) is 0.706. The van der Waals surface area contributed by atoms with Gasteiger partial charge in [-0.15, -0.1) is 0 Å². The lowest BCUT2D eigenvalue weighted by atomic mass is 9.99. The molecule has 1 aliphatic rings. The van der Waals surface area contributed by atoms with E-state index >= 15 is 0 Å². The van der Waals surface area contributed by atoms with Crippen LogP contribution < -0.4 is 5.32 Å². The highest BCUT2D eigenvalue weighted by Gasteiger charge is 2.47. The van der Waals surface area contributed by atoms with E-state index in [0.29, 0.717) is 12.8 Å². The zero-order valence-electron chi connectivity index (χ0n) is 50.0. The molecule has 1 rings (SSSR count). The first-order valence-corrected chi connectivity index (χ1v) is 31.7. The first kappa shape index (κ1) is 73.3. The Labute approximate surface area is 481 Å². The molecule has 1 fully saturated rings. The summed E-state index contributed by atoms with van der Waals surface area (Å²) in [6.07, 6.45) is 64.2. The Balaban J connectivity index is 2.64. The van der Waals surface area contributed by atoms with Crippen LogP contribution in [0, 0.1) is 0 Å². The van der Waals surface area contributed by atoms with Crippen molar-refractivity contribution in [3.8, 4) is 0 Å². The number of allylic oxidation sites excluding steroid dienone is 17. The molecule has 1 saturated heterocycles. The number of carbonyl (C=O) groups excluding carboxylic acids is 2. The predicted octanol–water partition coefficient (Wildman–Crippen LogP) is 15.3. The van der Waals surface area contributed by atoms with Crippen molar-refractivity contribution in [3.05, 3.63) is 109 Å². The van der Waals surface area contributed by atoms with Crippen LogP contribution in [0.25, 0.3) is 0 Å². The summed E-state index contributed by atoms with van der Waals surface area (Å²) in [6.45, 7) is 5.58. The van der Waals surface area contributed by atoms with Crippen LogP contribution in [0.3, 0.4) is 0 Å². The number of amides is 1.